The van der Waals surface area contributed by atoms with Crippen molar-refractivity contribution < 1.29 is 22.4 Å². The molecule has 1 aliphatic heterocycles. The number of rotatable bonds is 5. The molecular formula is C16H21F4N3O. The summed E-state index contributed by atoms with van der Waals surface area (Å²) in [5.41, 5.74) is 0.767. The third kappa shape index (κ3) is 5.99. The molecule has 0 saturated carbocycles. The molecule has 1 aromatic rings. The largest absolute Gasteiger partial charge is 0.401 e. The van der Waals surface area contributed by atoms with Gasteiger partial charge in [0.25, 0.3) is 0 Å². The molecule has 0 spiro atoms. The average Bonchev–Trinajstić information content (AvgIpc) is 2.91. The number of nitrogens with zero attached hydrogens (tertiary/aromatic N) is 1. The SMILES string of the molecule is C[C@H](NC(=O)NC[C@@H]1CCN(CC(F)(F)F)C1)c1ccc(F)cc1. The van der Waals surface area contributed by atoms with Crippen molar-refractivity contribution in [3.8, 4) is 0 Å². The van der Waals surface area contributed by atoms with Crippen molar-refractivity contribution in [1.29, 1.82) is 0 Å². The standard InChI is InChI=1S/C16H21F4N3O/c1-11(13-2-4-14(17)5-3-13)22-15(24)21-8-12-6-7-23(9-12)10-16(18,19)20/h2-5,11-12H,6-10H2,1H3,(H2,21,22,24)/t11-,12-/m0/s1. The smallest absolute Gasteiger partial charge is 0.338 e. The van der Waals surface area contributed by atoms with Gasteiger partial charge in [-0.25, -0.2) is 9.18 Å². The molecule has 1 fully saturated rings. The van der Waals surface area contributed by atoms with E-state index in [0.29, 0.717) is 26.1 Å². The predicted molar refractivity (Wildman–Crippen MR) is 82.0 cm³/mol. The lowest BCUT2D eigenvalue weighted by molar-refractivity contribution is -0.143. The van der Waals surface area contributed by atoms with Gasteiger partial charge in [0.05, 0.1) is 12.6 Å². The topological polar surface area (TPSA) is 44.4 Å². The van der Waals surface area contributed by atoms with Crippen LogP contribution in [0, 0.1) is 11.7 Å². The number of carbonyl (C=O) groups is 1. The molecule has 8 heteroatoms. The van der Waals surface area contributed by atoms with E-state index in [9.17, 15) is 22.4 Å². The zero-order valence-corrected chi connectivity index (χ0v) is 13.4. The minimum absolute atomic E-state index is 0.0132. The normalized spacial score (nSPS) is 20.0. The van der Waals surface area contributed by atoms with Crippen LogP contribution in [0.2, 0.25) is 0 Å². The molecule has 1 heterocycles. The molecule has 1 saturated heterocycles. The van der Waals surface area contributed by atoms with Crippen LogP contribution in [0.3, 0.4) is 0 Å². The van der Waals surface area contributed by atoms with Crippen LogP contribution in [-0.2, 0) is 0 Å². The van der Waals surface area contributed by atoms with Gasteiger partial charge in [0, 0.05) is 13.1 Å². The van der Waals surface area contributed by atoms with E-state index in [0.717, 1.165) is 5.56 Å². The third-order valence-electron chi connectivity index (χ3n) is 4.04. The maximum Gasteiger partial charge on any atom is 0.401 e. The molecule has 0 bridgehead atoms. The van der Waals surface area contributed by atoms with Crippen molar-refractivity contribution in [2.45, 2.75) is 25.6 Å². The summed E-state index contributed by atoms with van der Waals surface area (Å²) < 4.78 is 49.9. The lowest BCUT2D eigenvalue weighted by Gasteiger charge is -2.19. The Morgan fingerprint density at radius 2 is 2.00 bits per heavy atom. The van der Waals surface area contributed by atoms with Crippen LogP contribution in [0.15, 0.2) is 24.3 Å². The number of alkyl halides is 3. The highest BCUT2D eigenvalue weighted by atomic mass is 19.4. The minimum Gasteiger partial charge on any atom is -0.338 e. The molecule has 2 N–H and O–H groups in total. The minimum atomic E-state index is -4.19. The Hall–Kier alpha value is -1.83. The number of benzene rings is 1. The molecule has 134 valence electrons. The number of nitrogens with one attached hydrogen (secondary N) is 2. The third-order valence-corrected chi connectivity index (χ3v) is 4.04. The fraction of sp³-hybridized carbons (Fsp3) is 0.562. The molecule has 0 unspecified atom stereocenters. The second-order valence-corrected chi connectivity index (χ2v) is 6.13. The molecule has 0 aromatic heterocycles. The molecule has 0 radical (unpaired) electrons. The summed E-state index contributed by atoms with van der Waals surface area (Å²) in [7, 11) is 0. The number of hydrogen-bond donors (Lipinski definition) is 2. The summed E-state index contributed by atoms with van der Waals surface area (Å²) in [5.74, 6) is -0.334. The van der Waals surface area contributed by atoms with Crippen molar-refractivity contribution in [3.05, 3.63) is 35.6 Å². The first-order chi connectivity index (χ1) is 11.2. The van der Waals surface area contributed by atoms with E-state index in [4.69, 9.17) is 0 Å². The second kappa shape index (κ2) is 7.83. The Kier molecular flexibility index (Phi) is 6.04. The highest BCUT2D eigenvalue weighted by molar-refractivity contribution is 5.74. The Balaban J connectivity index is 1.71. The number of hydrogen-bond acceptors (Lipinski definition) is 2. The molecule has 0 aliphatic carbocycles. The second-order valence-electron chi connectivity index (χ2n) is 6.13. The average molecular weight is 347 g/mol. The van der Waals surface area contributed by atoms with E-state index in [2.05, 4.69) is 10.6 Å². The number of urea groups is 1. The van der Waals surface area contributed by atoms with Crippen molar-refractivity contribution in [3.63, 3.8) is 0 Å². The first-order valence-corrected chi connectivity index (χ1v) is 7.82. The molecule has 2 atom stereocenters. The van der Waals surface area contributed by atoms with Crippen LogP contribution in [0.1, 0.15) is 24.9 Å². The van der Waals surface area contributed by atoms with Crippen LogP contribution in [0.4, 0.5) is 22.4 Å². The first-order valence-electron chi connectivity index (χ1n) is 7.82. The van der Waals surface area contributed by atoms with E-state index in [-0.39, 0.29) is 23.8 Å². The van der Waals surface area contributed by atoms with Gasteiger partial charge in [-0.15, -0.1) is 0 Å². The van der Waals surface area contributed by atoms with Crippen molar-refractivity contribution in [2.24, 2.45) is 5.92 Å². The summed E-state index contributed by atoms with van der Waals surface area (Å²) in [6, 6.07) is 5.13. The lowest BCUT2D eigenvalue weighted by atomic mass is 10.1. The quantitative estimate of drug-likeness (QED) is 0.804. The van der Waals surface area contributed by atoms with Gasteiger partial charge in [0.15, 0.2) is 0 Å². The molecule has 2 amide bonds. The molecule has 1 aromatic carbocycles. The number of halogens is 4. The highest BCUT2D eigenvalue weighted by Gasteiger charge is 2.34. The van der Waals surface area contributed by atoms with Gasteiger partial charge in [-0.3, -0.25) is 4.90 Å². The van der Waals surface area contributed by atoms with E-state index in [1.54, 1.807) is 19.1 Å². The summed E-state index contributed by atoms with van der Waals surface area (Å²) in [6.45, 7) is 1.91. The maximum absolute atomic E-state index is 12.9. The van der Waals surface area contributed by atoms with Crippen LogP contribution in [-0.4, -0.2) is 43.3 Å². The maximum atomic E-state index is 12.9. The van der Waals surface area contributed by atoms with Gasteiger partial charge in [-0.05, 0) is 43.5 Å². The highest BCUT2D eigenvalue weighted by Crippen LogP contribution is 2.22. The zero-order chi connectivity index (χ0) is 17.7. The van der Waals surface area contributed by atoms with Gasteiger partial charge in [0.1, 0.15) is 5.82 Å². The molecule has 4 nitrogen and oxygen atoms in total. The van der Waals surface area contributed by atoms with Gasteiger partial charge in [0.2, 0.25) is 0 Å². The molecule has 2 rings (SSSR count). The molecular weight excluding hydrogens is 326 g/mol. The molecule has 1 aliphatic rings. The molecule has 24 heavy (non-hydrogen) atoms. The van der Waals surface area contributed by atoms with Crippen LogP contribution >= 0.6 is 0 Å². The van der Waals surface area contributed by atoms with E-state index >= 15 is 0 Å². The lowest BCUT2D eigenvalue weighted by Crippen LogP contribution is -2.40. The zero-order valence-electron chi connectivity index (χ0n) is 13.4. The predicted octanol–water partition coefficient (Wildman–Crippen LogP) is 3.07. The summed E-state index contributed by atoms with van der Waals surface area (Å²) >= 11 is 0. The van der Waals surface area contributed by atoms with E-state index in [1.807, 2.05) is 0 Å². The number of amides is 2. The fourth-order valence-corrected chi connectivity index (χ4v) is 2.80. The Morgan fingerprint density at radius 3 is 2.62 bits per heavy atom. The Morgan fingerprint density at radius 1 is 1.33 bits per heavy atom. The van der Waals surface area contributed by atoms with Gasteiger partial charge in [-0.1, -0.05) is 12.1 Å². The number of likely N-dealkylation sites (tertiary alicyclic amines) is 1. The fourth-order valence-electron chi connectivity index (χ4n) is 2.80. The summed E-state index contributed by atoms with van der Waals surface area (Å²) in [5, 5.41) is 5.41. The van der Waals surface area contributed by atoms with Crippen LogP contribution < -0.4 is 10.6 Å². The van der Waals surface area contributed by atoms with Crippen molar-refractivity contribution >= 4 is 6.03 Å². The van der Waals surface area contributed by atoms with Crippen LogP contribution in [0.25, 0.3) is 0 Å². The van der Waals surface area contributed by atoms with Crippen molar-refractivity contribution in [2.75, 3.05) is 26.2 Å². The van der Waals surface area contributed by atoms with Crippen LogP contribution in [0.5, 0.6) is 0 Å². The van der Waals surface area contributed by atoms with Gasteiger partial charge in [-0.2, -0.15) is 13.2 Å². The van der Waals surface area contributed by atoms with Gasteiger partial charge < -0.3 is 10.6 Å². The Bertz CT molecular complexity index is 547. The van der Waals surface area contributed by atoms with E-state index < -0.39 is 12.7 Å². The summed E-state index contributed by atoms with van der Waals surface area (Å²) in [4.78, 5) is 13.2. The monoisotopic (exact) mass is 347 g/mol. The summed E-state index contributed by atoms with van der Waals surface area (Å²) in [6.07, 6.45) is -3.56. The van der Waals surface area contributed by atoms with Crippen molar-refractivity contribution in [1.82, 2.24) is 15.5 Å². The first kappa shape index (κ1) is 18.5. The van der Waals surface area contributed by atoms with E-state index in [1.165, 1.54) is 17.0 Å². The van der Waals surface area contributed by atoms with Gasteiger partial charge >= 0.3 is 12.2 Å². The Labute approximate surface area is 138 Å². The number of carbonyl (C=O) groups excluding carboxylic acids is 1.